The van der Waals surface area contributed by atoms with Gasteiger partial charge in [0.1, 0.15) is 0 Å². The Morgan fingerprint density at radius 1 is 1.57 bits per heavy atom. The molecular weight excluding hydrogens is 180 g/mol. The summed E-state index contributed by atoms with van der Waals surface area (Å²) in [4.78, 5) is 11.7. The summed E-state index contributed by atoms with van der Waals surface area (Å²) in [5, 5.41) is 9.70. The molecule has 0 unspecified atom stereocenters. The maximum absolute atomic E-state index is 11.7. The van der Waals surface area contributed by atoms with Crippen LogP contribution in [0, 0.1) is 0 Å². The van der Waals surface area contributed by atoms with Gasteiger partial charge in [0.25, 0.3) is 0 Å². The van der Waals surface area contributed by atoms with Crippen LogP contribution >= 0.6 is 0 Å². The molecule has 1 heterocycles. The molecule has 0 fully saturated rings. The smallest absolute Gasteiger partial charge is 0.245 e. The van der Waals surface area contributed by atoms with Gasteiger partial charge in [-0.25, -0.2) is 0 Å². The number of carbonyl (C=O) groups is 1. The van der Waals surface area contributed by atoms with Crippen molar-refractivity contribution in [3.05, 3.63) is 12.3 Å². The Labute approximate surface area is 83.5 Å². The van der Waals surface area contributed by atoms with Crippen molar-refractivity contribution in [3.8, 4) is 0 Å². The maximum Gasteiger partial charge on any atom is 0.245 e. The van der Waals surface area contributed by atoms with Gasteiger partial charge in [0.2, 0.25) is 5.91 Å². The molecule has 5 heteroatoms. The second-order valence-electron chi connectivity index (χ2n) is 3.70. The summed E-state index contributed by atoms with van der Waals surface area (Å²) in [6.07, 6.45) is 1.78. The van der Waals surface area contributed by atoms with Gasteiger partial charge in [-0.3, -0.25) is 9.48 Å². The van der Waals surface area contributed by atoms with Crippen LogP contribution in [0.25, 0.3) is 0 Å². The monoisotopic (exact) mass is 196 g/mol. The normalized spacial score (nSPS) is 11.4. The number of hydrogen-bond donors (Lipinski definition) is 2. The average Bonchev–Trinajstić information content (AvgIpc) is 2.51. The third-order valence-corrected chi connectivity index (χ3v) is 2.15. The Hall–Kier alpha value is -1.36. The van der Waals surface area contributed by atoms with E-state index in [0.29, 0.717) is 5.82 Å². The molecule has 1 rings (SSSR count). The maximum atomic E-state index is 11.7. The molecule has 0 bridgehead atoms. The molecule has 78 valence electrons. The molecule has 0 aromatic carbocycles. The first kappa shape index (κ1) is 10.7. The van der Waals surface area contributed by atoms with Crippen LogP contribution in [0.4, 0.5) is 5.82 Å². The highest BCUT2D eigenvalue weighted by atomic mass is 16.2. The molecule has 0 aliphatic rings. The zero-order valence-electron chi connectivity index (χ0n) is 8.96. The van der Waals surface area contributed by atoms with Gasteiger partial charge in [-0.2, -0.15) is 5.10 Å². The molecule has 0 saturated heterocycles. The lowest BCUT2D eigenvalue weighted by Crippen LogP contribution is -2.47. The van der Waals surface area contributed by atoms with E-state index in [0.717, 1.165) is 0 Å². The van der Waals surface area contributed by atoms with E-state index >= 15 is 0 Å². The van der Waals surface area contributed by atoms with Gasteiger partial charge in [-0.05, 0) is 20.9 Å². The van der Waals surface area contributed by atoms with E-state index < -0.39 is 5.54 Å². The Bertz CT molecular complexity index is 329. The van der Waals surface area contributed by atoms with Gasteiger partial charge in [0, 0.05) is 19.3 Å². The number of aromatic nitrogens is 2. The summed E-state index contributed by atoms with van der Waals surface area (Å²) < 4.78 is 1.64. The summed E-state index contributed by atoms with van der Waals surface area (Å²) in [7, 11) is 3.55. The molecule has 14 heavy (non-hydrogen) atoms. The summed E-state index contributed by atoms with van der Waals surface area (Å²) in [6, 6.07) is 1.75. The van der Waals surface area contributed by atoms with Gasteiger partial charge in [0.05, 0.1) is 5.54 Å². The van der Waals surface area contributed by atoms with Crippen LogP contribution in [-0.2, 0) is 11.8 Å². The van der Waals surface area contributed by atoms with Crippen LogP contribution in [0.3, 0.4) is 0 Å². The molecule has 2 N–H and O–H groups in total. The zero-order chi connectivity index (χ0) is 10.8. The van der Waals surface area contributed by atoms with Gasteiger partial charge in [0.15, 0.2) is 5.82 Å². The van der Waals surface area contributed by atoms with Crippen molar-refractivity contribution < 1.29 is 4.79 Å². The predicted molar refractivity (Wildman–Crippen MR) is 55.0 cm³/mol. The molecule has 1 aromatic heterocycles. The lowest BCUT2D eigenvalue weighted by molar-refractivity contribution is -0.121. The first-order valence-corrected chi connectivity index (χ1v) is 4.46. The summed E-state index contributed by atoms with van der Waals surface area (Å²) in [5.74, 6) is 0.472. The predicted octanol–water partition coefficient (Wildman–Crippen LogP) is 0.357. The van der Waals surface area contributed by atoms with Crippen LogP contribution in [0.2, 0.25) is 0 Å². The van der Waals surface area contributed by atoms with Crippen molar-refractivity contribution in [2.24, 2.45) is 7.05 Å². The van der Waals surface area contributed by atoms with Gasteiger partial charge < -0.3 is 10.6 Å². The fourth-order valence-corrected chi connectivity index (χ4v) is 0.868. The number of aryl methyl sites for hydroxylation is 1. The van der Waals surface area contributed by atoms with Gasteiger partial charge in [-0.1, -0.05) is 0 Å². The van der Waals surface area contributed by atoms with Crippen molar-refractivity contribution >= 4 is 11.7 Å². The summed E-state index contributed by atoms with van der Waals surface area (Å²) >= 11 is 0. The Morgan fingerprint density at radius 3 is 2.64 bits per heavy atom. The largest absolute Gasteiger partial charge is 0.308 e. The molecule has 0 aliphatic carbocycles. The average molecular weight is 196 g/mol. The third-order valence-electron chi connectivity index (χ3n) is 2.15. The first-order valence-electron chi connectivity index (χ1n) is 4.46. The van der Waals surface area contributed by atoms with E-state index in [1.165, 1.54) is 0 Å². The lowest BCUT2D eigenvalue weighted by Gasteiger charge is -2.21. The minimum Gasteiger partial charge on any atom is -0.308 e. The minimum absolute atomic E-state index is 0.0984. The molecule has 0 radical (unpaired) electrons. The number of hydrogen-bond acceptors (Lipinski definition) is 3. The van der Waals surface area contributed by atoms with Crippen molar-refractivity contribution in [2.45, 2.75) is 19.4 Å². The van der Waals surface area contributed by atoms with Crippen molar-refractivity contribution in [3.63, 3.8) is 0 Å². The highest BCUT2D eigenvalue weighted by Gasteiger charge is 2.25. The Kier molecular flexibility index (Phi) is 2.90. The molecule has 1 amide bonds. The fraction of sp³-hybridized carbons (Fsp3) is 0.556. The van der Waals surface area contributed by atoms with Crippen molar-refractivity contribution in [2.75, 3.05) is 12.4 Å². The van der Waals surface area contributed by atoms with Crippen LogP contribution in [0.1, 0.15) is 13.8 Å². The third kappa shape index (κ3) is 2.32. The number of nitrogens with one attached hydrogen (secondary N) is 2. The quantitative estimate of drug-likeness (QED) is 0.733. The molecule has 0 atom stereocenters. The summed E-state index contributed by atoms with van der Waals surface area (Å²) in [5.41, 5.74) is -0.586. The van der Waals surface area contributed by atoms with E-state index in [9.17, 15) is 4.79 Å². The van der Waals surface area contributed by atoms with Crippen LogP contribution in [0.15, 0.2) is 12.3 Å². The van der Waals surface area contributed by atoms with Crippen molar-refractivity contribution in [1.82, 2.24) is 15.1 Å². The first-order chi connectivity index (χ1) is 6.45. The molecule has 0 aliphatic heterocycles. The number of nitrogens with zero attached hydrogens (tertiary/aromatic N) is 2. The molecule has 5 nitrogen and oxygen atoms in total. The number of amides is 1. The standard InChI is InChI=1S/C9H16N4O/c1-9(2,10-3)8(14)11-7-5-6-13(4)12-7/h5-6,10H,1-4H3,(H,11,12,14). The van der Waals surface area contributed by atoms with E-state index in [2.05, 4.69) is 15.7 Å². The number of rotatable bonds is 3. The fourth-order valence-electron chi connectivity index (χ4n) is 0.868. The molecule has 0 saturated carbocycles. The molecule has 1 aromatic rings. The van der Waals surface area contributed by atoms with E-state index in [1.54, 1.807) is 31.0 Å². The van der Waals surface area contributed by atoms with E-state index in [-0.39, 0.29) is 5.91 Å². The number of anilines is 1. The molecule has 0 spiro atoms. The van der Waals surface area contributed by atoms with E-state index in [4.69, 9.17) is 0 Å². The van der Waals surface area contributed by atoms with E-state index in [1.807, 2.05) is 13.8 Å². The second kappa shape index (κ2) is 3.79. The second-order valence-corrected chi connectivity index (χ2v) is 3.70. The number of likely N-dealkylation sites (N-methyl/N-ethyl adjacent to an activating group) is 1. The summed E-state index contributed by atoms with van der Waals surface area (Å²) in [6.45, 7) is 3.62. The lowest BCUT2D eigenvalue weighted by atomic mass is 10.1. The van der Waals surface area contributed by atoms with Gasteiger partial charge in [-0.15, -0.1) is 0 Å². The highest BCUT2D eigenvalue weighted by Crippen LogP contribution is 2.07. The Balaban J connectivity index is 2.66. The van der Waals surface area contributed by atoms with Crippen LogP contribution in [0.5, 0.6) is 0 Å². The van der Waals surface area contributed by atoms with Crippen LogP contribution in [-0.4, -0.2) is 28.3 Å². The van der Waals surface area contributed by atoms with Crippen molar-refractivity contribution in [1.29, 1.82) is 0 Å². The minimum atomic E-state index is -0.586. The topological polar surface area (TPSA) is 59.0 Å². The SMILES string of the molecule is CNC(C)(C)C(=O)Nc1ccn(C)n1. The van der Waals surface area contributed by atoms with Gasteiger partial charge >= 0.3 is 0 Å². The Morgan fingerprint density at radius 2 is 2.21 bits per heavy atom. The zero-order valence-corrected chi connectivity index (χ0v) is 8.96. The molecular formula is C9H16N4O. The highest BCUT2D eigenvalue weighted by molar-refractivity contribution is 5.96. The number of carbonyl (C=O) groups excluding carboxylic acids is 1. The van der Waals surface area contributed by atoms with Crippen LogP contribution < -0.4 is 10.6 Å².